The van der Waals surface area contributed by atoms with Crippen LogP contribution in [0, 0.1) is 0 Å². The molecule has 0 aliphatic carbocycles. The molecule has 36 heavy (non-hydrogen) atoms. The minimum atomic E-state index is -0.870. The Morgan fingerprint density at radius 2 is 1.61 bits per heavy atom. The number of aliphatic hydroxyl groups excluding tert-OH is 1. The molecule has 0 saturated carbocycles. The molecule has 3 aromatic rings. The highest BCUT2D eigenvalue weighted by atomic mass is 16.6. The highest BCUT2D eigenvalue weighted by Gasteiger charge is 2.47. The van der Waals surface area contributed by atoms with E-state index < -0.39 is 17.7 Å². The molecule has 1 fully saturated rings. The molecule has 5 rings (SSSR count). The monoisotopic (exact) mass is 487 g/mol. The van der Waals surface area contributed by atoms with Gasteiger partial charge in [0.15, 0.2) is 11.5 Å². The number of aliphatic hydroxyl groups is 1. The summed E-state index contributed by atoms with van der Waals surface area (Å²) in [6.07, 6.45) is 0. The molecule has 0 aromatic heterocycles. The summed E-state index contributed by atoms with van der Waals surface area (Å²) < 4.78 is 22.0. The number of rotatable bonds is 6. The third kappa shape index (κ3) is 4.11. The number of anilines is 1. The zero-order chi connectivity index (χ0) is 25.2. The fourth-order valence-corrected chi connectivity index (χ4v) is 4.41. The summed E-state index contributed by atoms with van der Waals surface area (Å²) >= 11 is 0. The van der Waals surface area contributed by atoms with Crippen molar-refractivity contribution in [2.45, 2.75) is 13.0 Å². The van der Waals surface area contributed by atoms with Gasteiger partial charge in [0.1, 0.15) is 30.5 Å². The summed E-state index contributed by atoms with van der Waals surface area (Å²) in [5.41, 5.74) is 1.48. The number of ether oxygens (including phenoxy) is 4. The van der Waals surface area contributed by atoms with Crippen LogP contribution in [0.3, 0.4) is 0 Å². The number of Topliss-reactive ketones (excluding diaryl/α,β-unsaturated/α-hetero) is 1. The van der Waals surface area contributed by atoms with E-state index in [2.05, 4.69) is 0 Å². The first kappa shape index (κ1) is 23.3. The van der Waals surface area contributed by atoms with E-state index in [1.165, 1.54) is 4.90 Å². The minimum Gasteiger partial charge on any atom is -0.507 e. The second-order valence-electron chi connectivity index (χ2n) is 8.23. The molecule has 184 valence electrons. The zero-order valence-electron chi connectivity index (χ0n) is 19.9. The van der Waals surface area contributed by atoms with Crippen LogP contribution < -0.4 is 23.8 Å². The molecule has 3 aromatic carbocycles. The van der Waals surface area contributed by atoms with Crippen molar-refractivity contribution >= 4 is 23.1 Å². The van der Waals surface area contributed by atoms with E-state index >= 15 is 0 Å². The Hall–Kier alpha value is -4.46. The van der Waals surface area contributed by atoms with Crippen molar-refractivity contribution in [3.8, 4) is 23.0 Å². The van der Waals surface area contributed by atoms with Gasteiger partial charge in [-0.05, 0) is 61.0 Å². The van der Waals surface area contributed by atoms with Crippen molar-refractivity contribution in [2.75, 3.05) is 31.8 Å². The number of carbonyl (C=O) groups is 2. The largest absolute Gasteiger partial charge is 0.507 e. The van der Waals surface area contributed by atoms with Gasteiger partial charge < -0.3 is 24.1 Å². The van der Waals surface area contributed by atoms with Crippen LogP contribution in [0.15, 0.2) is 72.3 Å². The van der Waals surface area contributed by atoms with Crippen molar-refractivity contribution in [3.05, 3.63) is 83.4 Å². The maximum Gasteiger partial charge on any atom is 0.300 e. The summed E-state index contributed by atoms with van der Waals surface area (Å²) in [7, 11) is 1.56. The standard InChI is InChI=1S/C28H25NO7/c1-3-34-21-11-6-18(7-12-21)26(30)24-25(17-4-9-20(33-2)10-5-17)29(28(32)27(24)31)19-8-13-22-23(16-19)36-15-14-35-22/h4-13,16,25,30H,3,14-15H2,1-2H3/b26-24+. The maximum absolute atomic E-state index is 13.4. The molecule has 0 radical (unpaired) electrons. The highest BCUT2D eigenvalue weighted by Crippen LogP contribution is 2.44. The molecular formula is C28H25NO7. The Morgan fingerprint density at radius 1 is 0.944 bits per heavy atom. The van der Waals surface area contributed by atoms with Crippen molar-refractivity contribution in [3.63, 3.8) is 0 Å². The molecule has 8 heteroatoms. The van der Waals surface area contributed by atoms with Crippen LogP contribution >= 0.6 is 0 Å². The Bertz CT molecular complexity index is 1330. The second-order valence-corrected chi connectivity index (χ2v) is 8.23. The maximum atomic E-state index is 13.4. The molecule has 2 aliphatic heterocycles. The van der Waals surface area contributed by atoms with Crippen LogP contribution in [0.25, 0.3) is 5.76 Å². The van der Waals surface area contributed by atoms with Crippen LogP contribution in [0.5, 0.6) is 23.0 Å². The van der Waals surface area contributed by atoms with E-state index in [4.69, 9.17) is 18.9 Å². The van der Waals surface area contributed by atoms with Gasteiger partial charge in [0.05, 0.1) is 25.3 Å². The van der Waals surface area contributed by atoms with Gasteiger partial charge in [-0.3, -0.25) is 14.5 Å². The van der Waals surface area contributed by atoms with Gasteiger partial charge >= 0.3 is 0 Å². The predicted molar refractivity (Wildman–Crippen MR) is 133 cm³/mol. The minimum absolute atomic E-state index is 0.00999. The number of carbonyl (C=O) groups excluding carboxylic acids is 2. The van der Waals surface area contributed by atoms with Crippen LogP contribution in [0.4, 0.5) is 5.69 Å². The molecule has 1 atom stereocenters. The first-order valence-electron chi connectivity index (χ1n) is 11.6. The van der Waals surface area contributed by atoms with Gasteiger partial charge in [-0.1, -0.05) is 12.1 Å². The highest BCUT2D eigenvalue weighted by molar-refractivity contribution is 6.51. The first-order chi connectivity index (χ1) is 17.5. The topological polar surface area (TPSA) is 94.5 Å². The molecule has 8 nitrogen and oxygen atoms in total. The van der Waals surface area contributed by atoms with Crippen molar-refractivity contribution in [1.29, 1.82) is 0 Å². The quantitative estimate of drug-likeness (QED) is 0.311. The number of hydrogen-bond acceptors (Lipinski definition) is 7. The molecule has 2 aliphatic rings. The van der Waals surface area contributed by atoms with Crippen LogP contribution in [-0.2, 0) is 9.59 Å². The molecule has 1 unspecified atom stereocenters. The van der Waals surface area contributed by atoms with Crippen LogP contribution in [0.1, 0.15) is 24.1 Å². The van der Waals surface area contributed by atoms with Gasteiger partial charge in [-0.25, -0.2) is 0 Å². The number of amides is 1. The van der Waals surface area contributed by atoms with E-state index in [-0.39, 0.29) is 11.3 Å². The summed E-state index contributed by atoms with van der Waals surface area (Å²) in [4.78, 5) is 28.1. The van der Waals surface area contributed by atoms with E-state index in [0.717, 1.165) is 0 Å². The lowest BCUT2D eigenvalue weighted by Crippen LogP contribution is -2.29. The number of benzene rings is 3. The average Bonchev–Trinajstić information content (AvgIpc) is 3.18. The van der Waals surface area contributed by atoms with Gasteiger partial charge in [-0.15, -0.1) is 0 Å². The number of nitrogens with zero attached hydrogens (tertiary/aromatic N) is 1. The van der Waals surface area contributed by atoms with Crippen molar-refractivity contribution in [1.82, 2.24) is 0 Å². The summed E-state index contributed by atoms with van der Waals surface area (Å²) in [5.74, 6) is 0.519. The van der Waals surface area contributed by atoms with Gasteiger partial charge in [0.25, 0.3) is 11.7 Å². The van der Waals surface area contributed by atoms with Gasteiger partial charge in [-0.2, -0.15) is 0 Å². The summed E-state index contributed by atoms with van der Waals surface area (Å²) in [5, 5.41) is 11.3. The number of fused-ring (bicyclic) bond motifs is 1. The molecule has 1 N–H and O–H groups in total. The van der Waals surface area contributed by atoms with Crippen LogP contribution in [-0.4, -0.2) is 43.7 Å². The third-order valence-electron chi connectivity index (χ3n) is 6.12. The molecule has 2 heterocycles. The van der Waals surface area contributed by atoms with E-state index in [9.17, 15) is 14.7 Å². The molecule has 0 bridgehead atoms. The fraction of sp³-hybridized carbons (Fsp3) is 0.214. The van der Waals surface area contributed by atoms with E-state index in [1.807, 2.05) is 6.92 Å². The lowest BCUT2D eigenvalue weighted by Gasteiger charge is -2.27. The fourth-order valence-electron chi connectivity index (χ4n) is 4.41. The Labute approximate surface area is 208 Å². The average molecular weight is 488 g/mol. The van der Waals surface area contributed by atoms with Crippen molar-refractivity contribution < 1.29 is 33.6 Å². The van der Waals surface area contributed by atoms with Gasteiger partial charge in [0.2, 0.25) is 0 Å². The third-order valence-corrected chi connectivity index (χ3v) is 6.12. The molecule has 1 saturated heterocycles. The second kappa shape index (κ2) is 9.65. The zero-order valence-corrected chi connectivity index (χ0v) is 19.9. The number of methoxy groups -OCH3 is 1. The SMILES string of the molecule is CCOc1ccc(/C(O)=C2\C(=O)C(=O)N(c3ccc4c(c3)OCCO4)C2c2ccc(OC)cc2)cc1. The molecule has 0 spiro atoms. The van der Waals surface area contributed by atoms with E-state index in [1.54, 1.807) is 73.8 Å². The Balaban J connectivity index is 1.64. The first-order valence-corrected chi connectivity index (χ1v) is 11.6. The van der Waals surface area contributed by atoms with Crippen LogP contribution in [0.2, 0.25) is 0 Å². The Kier molecular flexibility index (Phi) is 6.25. The number of ketones is 1. The lowest BCUT2D eigenvalue weighted by atomic mass is 9.95. The summed E-state index contributed by atoms with van der Waals surface area (Å²) in [6.45, 7) is 3.20. The normalized spacial score (nSPS) is 18.3. The molecule has 1 amide bonds. The molecular weight excluding hydrogens is 462 g/mol. The van der Waals surface area contributed by atoms with Crippen molar-refractivity contribution in [2.24, 2.45) is 0 Å². The smallest absolute Gasteiger partial charge is 0.300 e. The predicted octanol–water partition coefficient (Wildman–Crippen LogP) is 4.49. The Morgan fingerprint density at radius 3 is 2.28 bits per heavy atom. The van der Waals surface area contributed by atoms with Gasteiger partial charge in [0, 0.05) is 17.3 Å². The number of hydrogen-bond donors (Lipinski definition) is 1. The van der Waals surface area contributed by atoms with E-state index in [0.29, 0.717) is 59.6 Å². The lowest BCUT2D eigenvalue weighted by molar-refractivity contribution is -0.132. The summed E-state index contributed by atoms with van der Waals surface area (Å²) in [6, 6.07) is 18.0.